The molecule has 6 nitrogen and oxygen atoms in total. The molecule has 0 saturated heterocycles. The van der Waals surface area contributed by atoms with E-state index in [9.17, 15) is 9.59 Å². The maximum absolute atomic E-state index is 13.1. The summed E-state index contributed by atoms with van der Waals surface area (Å²) in [6, 6.07) is 5.58. The molecule has 1 aliphatic heterocycles. The van der Waals surface area contributed by atoms with Crippen LogP contribution in [-0.4, -0.2) is 15.6 Å². The number of aryl methyl sites for hydroxylation is 4. The molecule has 1 atom stereocenters. The first-order chi connectivity index (χ1) is 13.8. The minimum atomic E-state index is -0.312. The number of rotatable bonds is 2. The highest BCUT2D eigenvalue weighted by atomic mass is 32.1. The van der Waals surface area contributed by atoms with E-state index in [1.807, 2.05) is 43.5 Å². The Bertz CT molecular complexity index is 1140. The topological polar surface area (TPSA) is 76.0 Å². The van der Waals surface area contributed by atoms with Gasteiger partial charge in [-0.2, -0.15) is 0 Å². The van der Waals surface area contributed by atoms with Gasteiger partial charge in [0, 0.05) is 18.7 Å². The Morgan fingerprint density at radius 3 is 2.62 bits per heavy atom. The number of nitrogens with one attached hydrogen (secondary N) is 2. The molecule has 0 fully saturated rings. The first-order valence-electron chi connectivity index (χ1n) is 10.0. The molecule has 1 aliphatic rings. The molecule has 2 N–H and O–H groups in total. The molecule has 0 radical (unpaired) electrons. The highest BCUT2D eigenvalue weighted by Crippen LogP contribution is 2.33. The van der Waals surface area contributed by atoms with Gasteiger partial charge in [-0.15, -0.1) is 0 Å². The molecule has 0 bridgehead atoms. The molecule has 2 amide bonds. The van der Waals surface area contributed by atoms with E-state index in [4.69, 9.17) is 4.98 Å². The lowest BCUT2D eigenvalue weighted by molar-refractivity contribution is 0.262. The SMILES string of the molecule is Cc1cccc(C)c1NC(=O)Nc1sc2nc3n(c(=O)c2c1C)CCC(C)CC3. The van der Waals surface area contributed by atoms with Crippen LogP contribution in [-0.2, 0) is 13.0 Å². The first-order valence-corrected chi connectivity index (χ1v) is 10.8. The van der Waals surface area contributed by atoms with Gasteiger partial charge in [0.05, 0.1) is 5.39 Å². The van der Waals surface area contributed by atoms with Gasteiger partial charge in [-0.1, -0.05) is 36.5 Å². The number of amides is 2. The van der Waals surface area contributed by atoms with Crippen molar-refractivity contribution >= 4 is 38.3 Å². The Hall–Kier alpha value is -2.67. The van der Waals surface area contributed by atoms with Crippen molar-refractivity contribution in [2.24, 2.45) is 5.92 Å². The summed E-state index contributed by atoms with van der Waals surface area (Å²) in [6.07, 6.45) is 2.86. The number of anilines is 2. The average molecular weight is 411 g/mol. The number of hydrogen-bond acceptors (Lipinski definition) is 4. The smallest absolute Gasteiger partial charge is 0.307 e. The maximum atomic E-state index is 13.1. The summed E-state index contributed by atoms with van der Waals surface area (Å²) in [5.41, 5.74) is 3.61. The summed E-state index contributed by atoms with van der Waals surface area (Å²) in [5, 5.41) is 7.14. The molecule has 0 aliphatic carbocycles. The Morgan fingerprint density at radius 1 is 1.17 bits per heavy atom. The number of nitrogens with zero attached hydrogens (tertiary/aromatic N) is 2. The monoisotopic (exact) mass is 410 g/mol. The van der Waals surface area contributed by atoms with Gasteiger partial charge in [-0.05, 0) is 56.2 Å². The molecule has 152 valence electrons. The van der Waals surface area contributed by atoms with Crippen LogP contribution >= 0.6 is 11.3 Å². The van der Waals surface area contributed by atoms with E-state index < -0.39 is 0 Å². The third kappa shape index (κ3) is 3.67. The molecule has 0 spiro atoms. The lowest BCUT2D eigenvalue weighted by Gasteiger charge is -2.12. The van der Waals surface area contributed by atoms with Gasteiger partial charge >= 0.3 is 6.03 Å². The molecule has 7 heteroatoms. The number of hydrogen-bond donors (Lipinski definition) is 2. The zero-order chi connectivity index (χ0) is 20.7. The second-order valence-electron chi connectivity index (χ2n) is 8.00. The van der Waals surface area contributed by atoms with E-state index in [1.54, 1.807) is 0 Å². The fourth-order valence-electron chi connectivity index (χ4n) is 3.93. The average Bonchev–Trinajstić information content (AvgIpc) is 2.84. The molecule has 1 unspecified atom stereocenters. The second kappa shape index (κ2) is 7.63. The van der Waals surface area contributed by atoms with Crippen LogP contribution in [0.15, 0.2) is 23.0 Å². The molecule has 3 aromatic rings. The van der Waals surface area contributed by atoms with Crippen LogP contribution in [0.3, 0.4) is 0 Å². The summed E-state index contributed by atoms with van der Waals surface area (Å²) >= 11 is 1.37. The Labute approximate surface area is 174 Å². The Kier molecular flexibility index (Phi) is 5.17. The molecule has 0 saturated carbocycles. The van der Waals surface area contributed by atoms with E-state index >= 15 is 0 Å². The van der Waals surface area contributed by atoms with Gasteiger partial charge in [-0.25, -0.2) is 9.78 Å². The van der Waals surface area contributed by atoms with Crippen LogP contribution in [0.4, 0.5) is 15.5 Å². The predicted molar refractivity (Wildman–Crippen MR) is 119 cm³/mol. The number of carbonyl (C=O) groups excluding carboxylic acids is 1. The van der Waals surface area contributed by atoms with E-state index in [0.717, 1.165) is 47.5 Å². The van der Waals surface area contributed by atoms with E-state index in [2.05, 4.69) is 17.6 Å². The number of benzene rings is 1. The van der Waals surface area contributed by atoms with Crippen LogP contribution in [0, 0.1) is 26.7 Å². The molecule has 29 heavy (non-hydrogen) atoms. The minimum Gasteiger partial charge on any atom is -0.307 e. The van der Waals surface area contributed by atoms with Gasteiger partial charge in [0.25, 0.3) is 5.56 Å². The number of para-hydroxylation sites is 1. The second-order valence-corrected chi connectivity index (χ2v) is 9.00. The highest BCUT2D eigenvalue weighted by Gasteiger charge is 2.21. The summed E-state index contributed by atoms with van der Waals surface area (Å²) in [5.74, 6) is 1.46. The van der Waals surface area contributed by atoms with E-state index in [0.29, 0.717) is 27.7 Å². The van der Waals surface area contributed by atoms with Crippen LogP contribution in [0.25, 0.3) is 10.2 Å². The van der Waals surface area contributed by atoms with E-state index in [1.165, 1.54) is 11.3 Å². The number of aromatic nitrogens is 2. The van der Waals surface area contributed by atoms with Crippen molar-refractivity contribution in [2.45, 2.75) is 53.5 Å². The zero-order valence-electron chi connectivity index (χ0n) is 17.3. The summed E-state index contributed by atoms with van der Waals surface area (Å²) in [6.45, 7) is 8.74. The molecule has 2 aromatic heterocycles. The third-order valence-corrected chi connectivity index (χ3v) is 6.88. The normalized spacial score (nSPS) is 16.3. The van der Waals surface area contributed by atoms with Crippen LogP contribution in [0.5, 0.6) is 0 Å². The summed E-state index contributed by atoms with van der Waals surface area (Å²) < 4.78 is 1.83. The van der Waals surface area contributed by atoms with Crippen molar-refractivity contribution in [2.75, 3.05) is 10.6 Å². The first kappa shape index (κ1) is 19.6. The molecule has 4 rings (SSSR count). The Balaban J connectivity index is 1.65. The Morgan fingerprint density at radius 2 is 1.90 bits per heavy atom. The number of thiophene rings is 1. The third-order valence-electron chi connectivity index (χ3n) is 5.78. The van der Waals surface area contributed by atoms with Crippen molar-refractivity contribution in [1.82, 2.24) is 9.55 Å². The predicted octanol–water partition coefficient (Wildman–Crippen LogP) is 5.00. The van der Waals surface area contributed by atoms with Crippen molar-refractivity contribution in [1.29, 1.82) is 0 Å². The molecule has 1 aromatic carbocycles. The van der Waals surface area contributed by atoms with Crippen LogP contribution < -0.4 is 16.2 Å². The van der Waals surface area contributed by atoms with Crippen molar-refractivity contribution in [3.05, 3.63) is 51.1 Å². The molecular formula is C22H26N4O2S. The lowest BCUT2D eigenvalue weighted by atomic mass is 10.0. The number of urea groups is 1. The van der Waals surface area contributed by atoms with Crippen molar-refractivity contribution in [3.8, 4) is 0 Å². The van der Waals surface area contributed by atoms with Crippen LogP contribution in [0.2, 0.25) is 0 Å². The summed E-state index contributed by atoms with van der Waals surface area (Å²) in [4.78, 5) is 31.2. The lowest BCUT2D eigenvalue weighted by Crippen LogP contribution is -2.24. The number of carbonyl (C=O) groups is 1. The quantitative estimate of drug-likeness (QED) is 0.624. The standard InChI is InChI=1S/C22H26N4O2S/c1-12-8-9-16-23-20-17(21(27)26(16)11-10-12)15(4)19(29-20)25-22(28)24-18-13(2)6-5-7-14(18)3/h5-7,12H,8-11H2,1-4H3,(H2,24,25,28). The number of fused-ring (bicyclic) bond motifs is 2. The van der Waals surface area contributed by atoms with E-state index in [-0.39, 0.29) is 11.6 Å². The van der Waals surface area contributed by atoms with Gasteiger partial charge < -0.3 is 5.32 Å². The van der Waals surface area contributed by atoms with Gasteiger partial charge in [-0.3, -0.25) is 14.7 Å². The fraction of sp³-hybridized carbons (Fsp3) is 0.409. The van der Waals surface area contributed by atoms with Gasteiger partial charge in [0.15, 0.2) is 0 Å². The summed E-state index contributed by atoms with van der Waals surface area (Å²) in [7, 11) is 0. The van der Waals surface area contributed by atoms with Gasteiger partial charge in [0.1, 0.15) is 15.7 Å². The van der Waals surface area contributed by atoms with Gasteiger partial charge in [0.2, 0.25) is 0 Å². The maximum Gasteiger partial charge on any atom is 0.324 e. The molecule has 3 heterocycles. The molecular weight excluding hydrogens is 384 g/mol. The largest absolute Gasteiger partial charge is 0.324 e. The van der Waals surface area contributed by atoms with Crippen molar-refractivity contribution in [3.63, 3.8) is 0 Å². The van der Waals surface area contributed by atoms with Crippen LogP contribution in [0.1, 0.15) is 42.3 Å². The fourth-order valence-corrected chi connectivity index (χ4v) is 5.01. The zero-order valence-corrected chi connectivity index (χ0v) is 18.1. The minimum absolute atomic E-state index is 0.0102. The van der Waals surface area contributed by atoms with Crippen molar-refractivity contribution < 1.29 is 4.79 Å². The highest BCUT2D eigenvalue weighted by molar-refractivity contribution is 7.22.